The maximum atomic E-state index is 5.05. The fourth-order valence-electron chi connectivity index (χ4n) is 1.93. The van der Waals surface area contributed by atoms with E-state index in [9.17, 15) is 0 Å². The van der Waals surface area contributed by atoms with Gasteiger partial charge >= 0.3 is 0 Å². The average Bonchev–Trinajstić information content (AvgIpc) is 2.45. The van der Waals surface area contributed by atoms with Gasteiger partial charge in [-0.3, -0.25) is 0 Å². The zero-order valence-corrected chi connectivity index (χ0v) is 12.6. The number of aromatic nitrogens is 1. The Morgan fingerprint density at radius 2 is 1.75 bits per heavy atom. The second-order valence-electron chi connectivity index (χ2n) is 5.89. The molecule has 0 saturated carbocycles. The van der Waals surface area contributed by atoms with Crippen molar-refractivity contribution in [2.24, 2.45) is 0 Å². The van der Waals surface area contributed by atoms with Crippen molar-refractivity contribution in [1.82, 2.24) is 4.98 Å². The predicted molar refractivity (Wildman–Crippen MR) is 83.3 cm³/mol. The number of nitrogens with zero attached hydrogens (tertiary/aromatic N) is 1. The third kappa shape index (κ3) is 3.73. The highest BCUT2D eigenvalue weighted by Gasteiger charge is 2.12. The molecule has 3 nitrogen and oxygen atoms in total. The topological polar surface area (TPSA) is 34.1 Å². The Bertz CT molecular complexity index is 539. The lowest BCUT2D eigenvalue weighted by Crippen LogP contribution is -2.10. The van der Waals surface area contributed by atoms with Crippen LogP contribution in [0.1, 0.15) is 31.9 Å². The highest BCUT2D eigenvalue weighted by atomic mass is 16.5. The zero-order chi connectivity index (χ0) is 14.6. The van der Waals surface area contributed by atoms with Gasteiger partial charge in [0.05, 0.1) is 7.11 Å². The van der Waals surface area contributed by atoms with Crippen molar-refractivity contribution >= 4 is 5.69 Å². The van der Waals surface area contributed by atoms with Crippen LogP contribution in [-0.2, 0) is 12.0 Å². The van der Waals surface area contributed by atoms with Crippen LogP contribution in [0.5, 0.6) is 5.88 Å². The Morgan fingerprint density at radius 1 is 1.05 bits per heavy atom. The smallest absolute Gasteiger partial charge is 0.212 e. The first-order chi connectivity index (χ1) is 9.49. The summed E-state index contributed by atoms with van der Waals surface area (Å²) < 4.78 is 5.05. The molecule has 0 radical (unpaired) electrons. The maximum Gasteiger partial charge on any atom is 0.212 e. The first-order valence-electron chi connectivity index (χ1n) is 6.82. The minimum atomic E-state index is 0.193. The van der Waals surface area contributed by atoms with E-state index in [4.69, 9.17) is 4.74 Å². The van der Waals surface area contributed by atoms with Gasteiger partial charge in [0.15, 0.2) is 0 Å². The van der Waals surface area contributed by atoms with Crippen LogP contribution in [0.2, 0.25) is 0 Å². The molecule has 0 atom stereocenters. The Kier molecular flexibility index (Phi) is 4.28. The molecular weight excluding hydrogens is 248 g/mol. The molecule has 1 N–H and O–H groups in total. The van der Waals surface area contributed by atoms with Crippen LogP contribution in [0.15, 0.2) is 42.6 Å². The van der Waals surface area contributed by atoms with E-state index in [-0.39, 0.29) is 5.41 Å². The van der Waals surface area contributed by atoms with E-state index >= 15 is 0 Å². The summed E-state index contributed by atoms with van der Waals surface area (Å²) in [7, 11) is 1.62. The number of anilines is 1. The van der Waals surface area contributed by atoms with E-state index in [1.807, 2.05) is 18.3 Å². The number of hydrogen-bond donors (Lipinski definition) is 1. The molecule has 0 saturated heterocycles. The van der Waals surface area contributed by atoms with Crippen molar-refractivity contribution in [3.63, 3.8) is 0 Å². The molecule has 0 bridgehead atoms. The summed E-state index contributed by atoms with van der Waals surface area (Å²) in [5.41, 5.74) is 3.78. The molecule has 0 aliphatic heterocycles. The number of ether oxygens (including phenoxy) is 1. The number of rotatable bonds is 4. The van der Waals surface area contributed by atoms with Gasteiger partial charge in [-0.05, 0) is 28.7 Å². The molecule has 1 heterocycles. The lowest BCUT2D eigenvalue weighted by molar-refractivity contribution is 0.397. The summed E-state index contributed by atoms with van der Waals surface area (Å²) >= 11 is 0. The van der Waals surface area contributed by atoms with Crippen molar-refractivity contribution in [2.45, 2.75) is 32.7 Å². The molecule has 106 valence electrons. The first kappa shape index (κ1) is 14.4. The number of pyridine rings is 1. The van der Waals surface area contributed by atoms with Gasteiger partial charge in [0.2, 0.25) is 5.88 Å². The maximum absolute atomic E-state index is 5.05. The molecule has 0 spiro atoms. The third-order valence-electron chi connectivity index (χ3n) is 3.25. The number of methoxy groups -OCH3 is 1. The van der Waals surface area contributed by atoms with E-state index in [0.29, 0.717) is 5.88 Å². The number of nitrogens with one attached hydrogen (secondary N) is 1. The van der Waals surface area contributed by atoms with E-state index in [2.05, 4.69) is 55.3 Å². The summed E-state index contributed by atoms with van der Waals surface area (Å²) in [5, 5.41) is 3.40. The fourth-order valence-corrected chi connectivity index (χ4v) is 1.93. The molecule has 20 heavy (non-hydrogen) atoms. The molecule has 2 rings (SSSR count). The van der Waals surface area contributed by atoms with Crippen LogP contribution >= 0.6 is 0 Å². The molecule has 0 aliphatic rings. The van der Waals surface area contributed by atoms with Crippen LogP contribution < -0.4 is 10.1 Å². The molecule has 3 heteroatoms. The molecule has 1 aromatic carbocycles. The third-order valence-corrected chi connectivity index (χ3v) is 3.25. The van der Waals surface area contributed by atoms with Crippen molar-refractivity contribution < 1.29 is 4.74 Å². The Hall–Kier alpha value is -2.03. The summed E-state index contributed by atoms with van der Waals surface area (Å²) in [6.07, 6.45) is 1.83. The summed E-state index contributed by atoms with van der Waals surface area (Å²) in [4.78, 5) is 4.19. The van der Waals surface area contributed by atoms with Gasteiger partial charge in [-0.15, -0.1) is 0 Å². The van der Waals surface area contributed by atoms with Crippen LogP contribution in [0, 0.1) is 0 Å². The van der Waals surface area contributed by atoms with Crippen molar-refractivity contribution in [1.29, 1.82) is 0 Å². The Labute approximate surface area is 121 Å². The predicted octanol–water partition coefficient (Wildman–Crippen LogP) is 4.00. The van der Waals surface area contributed by atoms with Crippen LogP contribution in [0.3, 0.4) is 0 Å². The second kappa shape index (κ2) is 5.95. The highest BCUT2D eigenvalue weighted by Crippen LogP contribution is 2.23. The monoisotopic (exact) mass is 270 g/mol. The summed E-state index contributed by atoms with van der Waals surface area (Å²) in [5.74, 6) is 0.642. The van der Waals surface area contributed by atoms with Crippen LogP contribution in [0.4, 0.5) is 5.69 Å². The van der Waals surface area contributed by atoms with Crippen LogP contribution in [-0.4, -0.2) is 12.1 Å². The Morgan fingerprint density at radius 3 is 2.25 bits per heavy atom. The number of hydrogen-bond acceptors (Lipinski definition) is 3. The molecule has 0 amide bonds. The van der Waals surface area contributed by atoms with E-state index in [1.54, 1.807) is 7.11 Å². The summed E-state index contributed by atoms with van der Waals surface area (Å²) in [6.45, 7) is 7.42. The lowest BCUT2D eigenvalue weighted by Gasteiger charge is -2.19. The van der Waals surface area contributed by atoms with Crippen molar-refractivity contribution in [2.75, 3.05) is 12.4 Å². The van der Waals surface area contributed by atoms with E-state index < -0.39 is 0 Å². The largest absolute Gasteiger partial charge is 0.481 e. The zero-order valence-electron chi connectivity index (χ0n) is 12.6. The average molecular weight is 270 g/mol. The minimum absolute atomic E-state index is 0.193. The standard InChI is InChI=1S/C17H22N2O/c1-17(2,3)14-6-8-15(9-7-14)18-11-13-5-10-16(20-4)19-12-13/h5-10,12,18H,11H2,1-4H3. The molecule has 0 unspecified atom stereocenters. The molecule has 1 aromatic heterocycles. The highest BCUT2D eigenvalue weighted by molar-refractivity contribution is 5.46. The SMILES string of the molecule is COc1ccc(CNc2ccc(C(C)(C)C)cc2)cn1. The second-order valence-corrected chi connectivity index (χ2v) is 5.89. The molecule has 0 fully saturated rings. The quantitative estimate of drug-likeness (QED) is 0.911. The molecule has 2 aromatic rings. The van der Waals surface area contributed by atoms with E-state index in [1.165, 1.54) is 5.56 Å². The van der Waals surface area contributed by atoms with Gasteiger partial charge in [-0.1, -0.05) is 39.0 Å². The molecule has 0 aliphatic carbocycles. The van der Waals surface area contributed by atoms with Gasteiger partial charge in [0, 0.05) is 24.5 Å². The van der Waals surface area contributed by atoms with Gasteiger partial charge in [-0.2, -0.15) is 0 Å². The fraction of sp³-hybridized carbons (Fsp3) is 0.353. The molecular formula is C17H22N2O. The Balaban J connectivity index is 1.96. The van der Waals surface area contributed by atoms with Crippen molar-refractivity contribution in [3.8, 4) is 5.88 Å². The van der Waals surface area contributed by atoms with Gasteiger partial charge in [0.1, 0.15) is 0 Å². The van der Waals surface area contributed by atoms with Crippen molar-refractivity contribution in [3.05, 3.63) is 53.7 Å². The van der Waals surface area contributed by atoms with Gasteiger partial charge < -0.3 is 10.1 Å². The van der Waals surface area contributed by atoms with Gasteiger partial charge in [0.25, 0.3) is 0 Å². The van der Waals surface area contributed by atoms with E-state index in [0.717, 1.165) is 17.8 Å². The number of benzene rings is 1. The lowest BCUT2D eigenvalue weighted by atomic mass is 9.87. The van der Waals surface area contributed by atoms with Gasteiger partial charge in [-0.25, -0.2) is 4.98 Å². The first-order valence-corrected chi connectivity index (χ1v) is 6.82. The summed E-state index contributed by atoms with van der Waals surface area (Å²) in [6, 6.07) is 12.5. The minimum Gasteiger partial charge on any atom is -0.481 e. The normalized spacial score (nSPS) is 11.2. The van der Waals surface area contributed by atoms with Crippen LogP contribution in [0.25, 0.3) is 0 Å².